The molecule has 0 aromatic carbocycles. The highest BCUT2D eigenvalue weighted by Gasteiger charge is 2.46. The molecule has 1 aromatic rings. The Morgan fingerprint density at radius 2 is 2.46 bits per heavy atom. The van der Waals surface area contributed by atoms with E-state index in [0.29, 0.717) is 0 Å². The maximum atomic E-state index is 11.5. The first-order valence-corrected chi connectivity index (χ1v) is 4.26. The van der Waals surface area contributed by atoms with Crippen LogP contribution in [0.4, 0.5) is 0 Å². The first-order valence-electron chi connectivity index (χ1n) is 4.26. The van der Waals surface area contributed by atoms with Crippen molar-refractivity contribution in [2.45, 2.75) is 12.3 Å². The van der Waals surface area contributed by atoms with Crippen LogP contribution in [0.3, 0.4) is 0 Å². The minimum Gasteiger partial charge on any atom is -0.349 e. The molecular weight excluding hydrogens is 168 g/mol. The predicted molar refractivity (Wildman–Crippen MR) is 45.9 cm³/mol. The van der Waals surface area contributed by atoms with Crippen LogP contribution in [0.1, 0.15) is 18.2 Å². The molecule has 0 bridgehead atoms. The van der Waals surface area contributed by atoms with Crippen LogP contribution in [-0.4, -0.2) is 40.1 Å². The number of hydrogen-bond acceptors (Lipinski definition) is 3. The van der Waals surface area contributed by atoms with E-state index in [1.165, 1.54) is 6.33 Å². The molecule has 1 heterocycles. The monoisotopic (exact) mass is 180 g/mol. The van der Waals surface area contributed by atoms with Crippen molar-refractivity contribution in [3.63, 3.8) is 0 Å². The Bertz CT molecular complexity index is 306. The zero-order chi connectivity index (χ0) is 9.42. The third-order valence-electron chi connectivity index (χ3n) is 2.33. The lowest BCUT2D eigenvalue weighted by Crippen LogP contribution is -2.23. The smallest absolute Gasteiger partial charge is 0.225 e. The van der Waals surface area contributed by atoms with Gasteiger partial charge in [0.15, 0.2) is 0 Å². The van der Waals surface area contributed by atoms with E-state index < -0.39 is 0 Å². The molecule has 2 rings (SSSR count). The van der Waals surface area contributed by atoms with Gasteiger partial charge in [-0.25, -0.2) is 4.98 Å². The summed E-state index contributed by atoms with van der Waals surface area (Å²) in [6.07, 6.45) is 2.37. The molecule has 5 nitrogen and oxygen atoms in total. The summed E-state index contributed by atoms with van der Waals surface area (Å²) in [5.74, 6) is 1.39. The molecule has 2 atom stereocenters. The summed E-state index contributed by atoms with van der Waals surface area (Å²) >= 11 is 0. The topological polar surface area (TPSA) is 61.9 Å². The average Bonchev–Trinajstić information content (AvgIpc) is 2.71. The molecule has 0 saturated heterocycles. The summed E-state index contributed by atoms with van der Waals surface area (Å²) < 4.78 is 0. The van der Waals surface area contributed by atoms with Gasteiger partial charge >= 0.3 is 0 Å². The lowest BCUT2D eigenvalue weighted by molar-refractivity contribution is -0.130. The fourth-order valence-electron chi connectivity index (χ4n) is 1.50. The van der Waals surface area contributed by atoms with Crippen molar-refractivity contribution in [2.24, 2.45) is 5.92 Å². The Kier molecular flexibility index (Phi) is 1.79. The van der Waals surface area contributed by atoms with Gasteiger partial charge in [0.2, 0.25) is 5.91 Å². The lowest BCUT2D eigenvalue weighted by Gasteiger charge is -2.08. The summed E-state index contributed by atoms with van der Waals surface area (Å²) in [7, 11) is 3.55. The number of rotatable bonds is 2. The molecule has 1 N–H and O–H groups in total. The molecule has 0 aliphatic heterocycles. The first kappa shape index (κ1) is 8.22. The van der Waals surface area contributed by atoms with Gasteiger partial charge in [-0.05, 0) is 6.42 Å². The van der Waals surface area contributed by atoms with Gasteiger partial charge in [0.25, 0.3) is 0 Å². The van der Waals surface area contributed by atoms with Gasteiger partial charge in [0.05, 0.1) is 0 Å². The number of aromatic amines is 1. The van der Waals surface area contributed by atoms with Crippen molar-refractivity contribution in [2.75, 3.05) is 14.1 Å². The maximum absolute atomic E-state index is 11.5. The van der Waals surface area contributed by atoms with Gasteiger partial charge in [-0.3, -0.25) is 9.89 Å². The summed E-state index contributed by atoms with van der Waals surface area (Å²) in [6.45, 7) is 0. The second kappa shape index (κ2) is 2.83. The number of H-pyrrole nitrogens is 1. The van der Waals surface area contributed by atoms with E-state index in [2.05, 4.69) is 15.2 Å². The number of amides is 1. The van der Waals surface area contributed by atoms with Crippen molar-refractivity contribution in [3.8, 4) is 0 Å². The number of hydrogen-bond donors (Lipinski definition) is 1. The van der Waals surface area contributed by atoms with Crippen molar-refractivity contribution in [1.29, 1.82) is 0 Å². The van der Waals surface area contributed by atoms with E-state index in [0.717, 1.165) is 12.2 Å². The molecule has 1 aliphatic carbocycles. The standard InChI is InChI=1S/C8H12N4O/c1-12(2)8(13)6-3-5(6)7-9-4-10-11-7/h4-6H,3H2,1-2H3,(H,9,10,11). The van der Waals surface area contributed by atoms with Crippen LogP contribution in [0.25, 0.3) is 0 Å². The molecule has 70 valence electrons. The summed E-state index contributed by atoms with van der Waals surface area (Å²) in [5, 5.41) is 6.55. The zero-order valence-corrected chi connectivity index (χ0v) is 7.69. The quantitative estimate of drug-likeness (QED) is 0.696. The summed E-state index contributed by atoms with van der Waals surface area (Å²) in [6, 6.07) is 0. The number of carbonyl (C=O) groups excluding carboxylic acids is 1. The average molecular weight is 180 g/mol. The fourth-order valence-corrected chi connectivity index (χ4v) is 1.50. The van der Waals surface area contributed by atoms with Gasteiger partial charge in [-0.2, -0.15) is 5.10 Å². The highest BCUT2D eigenvalue weighted by molar-refractivity contribution is 5.82. The van der Waals surface area contributed by atoms with Crippen molar-refractivity contribution >= 4 is 5.91 Å². The number of nitrogens with zero attached hydrogens (tertiary/aromatic N) is 3. The van der Waals surface area contributed by atoms with Gasteiger partial charge in [-0.1, -0.05) is 0 Å². The van der Waals surface area contributed by atoms with E-state index in [1.807, 2.05) is 0 Å². The van der Waals surface area contributed by atoms with Crippen LogP contribution in [0.5, 0.6) is 0 Å². The predicted octanol–water partition coefficient (Wildman–Crippen LogP) is -0.00360. The van der Waals surface area contributed by atoms with Gasteiger partial charge in [0.1, 0.15) is 12.2 Å². The minimum atomic E-state index is 0.114. The Hall–Kier alpha value is -1.39. The van der Waals surface area contributed by atoms with Gasteiger partial charge in [0, 0.05) is 25.9 Å². The second-order valence-electron chi connectivity index (χ2n) is 3.55. The molecule has 1 amide bonds. The zero-order valence-electron chi connectivity index (χ0n) is 7.69. The van der Waals surface area contributed by atoms with Crippen LogP contribution < -0.4 is 0 Å². The largest absolute Gasteiger partial charge is 0.349 e. The van der Waals surface area contributed by atoms with Crippen LogP contribution in [0.2, 0.25) is 0 Å². The second-order valence-corrected chi connectivity index (χ2v) is 3.55. The highest BCUT2D eigenvalue weighted by atomic mass is 16.2. The Morgan fingerprint density at radius 1 is 1.69 bits per heavy atom. The van der Waals surface area contributed by atoms with E-state index in [4.69, 9.17) is 0 Å². The molecule has 1 aromatic heterocycles. The van der Waals surface area contributed by atoms with E-state index in [1.54, 1.807) is 19.0 Å². The van der Waals surface area contributed by atoms with E-state index in [-0.39, 0.29) is 17.7 Å². The summed E-state index contributed by atoms with van der Waals surface area (Å²) in [4.78, 5) is 17.1. The maximum Gasteiger partial charge on any atom is 0.225 e. The molecule has 1 aliphatic rings. The van der Waals surface area contributed by atoms with Crippen LogP contribution >= 0.6 is 0 Å². The lowest BCUT2D eigenvalue weighted by atomic mass is 10.3. The Balaban J connectivity index is 2.00. The molecule has 0 spiro atoms. The molecule has 0 radical (unpaired) electrons. The molecular formula is C8H12N4O. The minimum absolute atomic E-state index is 0.114. The number of carbonyl (C=O) groups is 1. The third kappa shape index (κ3) is 1.41. The molecule has 13 heavy (non-hydrogen) atoms. The number of nitrogens with one attached hydrogen (secondary N) is 1. The SMILES string of the molecule is CN(C)C(=O)C1CC1c1ncn[nH]1. The fraction of sp³-hybridized carbons (Fsp3) is 0.625. The first-order chi connectivity index (χ1) is 6.20. The normalized spacial score (nSPS) is 25.7. The molecule has 5 heteroatoms. The third-order valence-corrected chi connectivity index (χ3v) is 2.33. The van der Waals surface area contributed by atoms with E-state index >= 15 is 0 Å². The highest BCUT2D eigenvalue weighted by Crippen LogP contribution is 2.46. The van der Waals surface area contributed by atoms with Gasteiger partial charge in [-0.15, -0.1) is 0 Å². The van der Waals surface area contributed by atoms with Crippen molar-refractivity contribution in [1.82, 2.24) is 20.1 Å². The summed E-state index contributed by atoms with van der Waals surface area (Å²) in [5.41, 5.74) is 0. The Labute approximate surface area is 76.2 Å². The molecule has 1 saturated carbocycles. The van der Waals surface area contributed by atoms with E-state index in [9.17, 15) is 4.79 Å². The van der Waals surface area contributed by atoms with Crippen molar-refractivity contribution < 1.29 is 4.79 Å². The molecule has 1 fully saturated rings. The number of aromatic nitrogens is 3. The van der Waals surface area contributed by atoms with Crippen LogP contribution in [0.15, 0.2) is 6.33 Å². The Morgan fingerprint density at radius 3 is 3.00 bits per heavy atom. The van der Waals surface area contributed by atoms with Crippen LogP contribution in [0, 0.1) is 5.92 Å². The van der Waals surface area contributed by atoms with Crippen molar-refractivity contribution in [3.05, 3.63) is 12.2 Å². The molecule has 2 unspecified atom stereocenters. The van der Waals surface area contributed by atoms with Gasteiger partial charge < -0.3 is 4.90 Å². The van der Waals surface area contributed by atoms with Crippen LogP contribution in [-0.2, 0) is 4.79 Å².